The monoisotopic (exact) mass is 405 g/mol. The normalized spacial score (nSPS) is 12.2. The molecular formula is C21H15N3O4S. The molecular weight excluding hydrogens is 390 g/mol. The van der Waals surface area contributed by atoms with Crippen LogP contribution in [0.3, 0.4) is 0 Å². The molecule has 3 aromatic carbocycles. The molecule has 0 aliphatic rings. The highest BCUT2D eigenvalue weighted by molar-refractivity contribution is 8.00. The van der Waals surface area contributed by atoms with Gasteiger partial charge in [-0.2, -0.15) is 0 Å². The number of hydrogen-bond acceptors (Lipinski definition) is 5. The number of fused-ring (bicyclic) bond motifs is 1. The fraction of sp³-hybridized carbons (Fsp3) is 0. The lowest BCUT2D eigenvalue weighted by molar-refractivity contribution is -0.384. The molecule has 0 bridgehead atoms. The van der Waals surface area contributed by atoms with Crippen LogP contribution in [0.2, 0.25) is 0 Å². The van der Waals surface area contributed by atoms with Gasteiger partial charge in [-0.3, -0.25) is 10.1 Å². The molecule has 144 valence electrons. The topological polar surface area (TPSA) is 106 Å². The Bertz CT molecular complexity index is 1290. The van der Waals surface area contributed by atoms with Crippen LogP contribution in [0.5, 0.6) is 0 Å². The number of non-ortho nitro benzene ring substituents is 1. The van der Waals surface area contributed by atoms with Crippen molar-refractivity contribution in [1.82, 2.24) is 9.97 Å². The summed E-state index contributed by atoms with van der Waals surface area (Å²) >= 11 is 0. The SMILES string of the molecule is O=[N+]([O-])c1ccc(C=C(c2nc3ccccc3[nH]2)S(=O)(=O)c2ccccc2)cc1. The van der Waals surface area contributed by atoms with Gasteiger partial charge in [0.25, 0.3) is 5.69 Å². The summed E-state index contributed by atoms with van der Waals surface area (Å²) in [7, 11) is -3.89. The average molecular weight is 405 g/mol. The predicted molar refractivity (Wildman–Crippen MR) is 111 cm³/mol. The molecule has 0 amide bonds. The Hall–Kier alpha value is -3.78. The summed E-state index contributed by atoms with van der Waals surface area (Å²) in [6.45, 7) is 0. The van der Waals surface area contributed by atoms with Crippen LogP contribution in [-0.4, -0.2) is 23.3 Å². The molecule has 29 heavy (non-hydrogen) atoms. The van der Waals surface area contributed by atoms with Crippen molar-refractivity contribution in [3.8, 4) is 0 Å². The van der Waals surface area contributed by atoms with Gasteiger partial charge in [-0.15, -0.1) is 0 Å². The average Bonchev–Trinajstić information content (AvgIpc) is 3.16. The molecule has 0 unspecified atom stereocenters. The van der Waals surface area contributed by atoms with Gasteiger partial charge in [-0.05, 0) is 48.0 Å². The first-order chi connectivity index (χ1) is 13.9. The maximum Gasteiger partial charge on any atom is 0.269 e. The zero-order valence-electron chi connectivity index (χ0n) is 15.0. The van der Waals surface area contributed by atoms with Crippen molar-refractivity contribution in [2.24, 2.45) is 0 Å². The van der Waals surface area contributed by atoms with E-state index in [1.807, 2.05) is 18.2 Å². The number of benzene rings is 3. The van der Waals surface area contributed by atoms with Crippen molar-refractivity contribution < 1.29 is 13.3 Å². The number of hydrogen-bond donors (Lipinski definition) is 1. The van der Waals surface area contributed by atoms with Crippen LogP contribution in [0.15, 0.2) is 83.8 Å². The summed E-state index contributed by atoms with van der Waals surface area (Å²) in [4.78, 5) is 18.0. The number of sulfone groups is 1. The standard InChI is InChI=1S/C21H15N3O4S/c25-24(26)16-12-10-15(11-13-16)14-20(29(27,28)17-6-2-1-3-7-17)21-22-18-8-4-5-9-19(18)23-21/h1-14H,(H,22,23). The minimum absolute atomic E-state index is 0.0197. The highest BCUT2D eigenvalue weighted by Crippen LogP contribution is 2.30. The van der Waals surface area contributed by atoms with Gasteiger partial charge in [0.1, 0.15) is 10.7 Å². The smallest absolute Gasteiger partial charge is 0.269 e. The molecule has 0 radical (unpaired) electrons. The fourth-order valence-electron chi connectivity index (χ4n) is 2.91. The Morgan fingerprint density at radius 1 is 0.931 bits per heavy atom. The largest absolute Gasteiger partial charge is 0.337 e. The second-order valence-electron chi connectivity index (χ2n) is 6.28. The Balaban J connectivity index is 1.90. The number of para-hydroxylation sites is 2. The lowest BCUT2D eigenvalue weighted by atomic mass is 10.2. The Morgan fingerprint density at radius 2 is 1.59 bits per heavy atom. The van der Waals surface area contributed by atoms with Crippen LogP contribution < -0.4 is 0 Å². The molecule has 0 aliphatic carbocycles. The quantitative estimate of drug-likeness (QED) is 0.390. The molecule has 0 aliphatic heterocycles. The summed E-state index contributed by atoms with van der Waals surface area (Å²) in [5.74, 6) is 0.202. The van der Waals surface area contributed by atoms with Gasteiger partial charge in [0.05, 0.1) is 20.9 Å². The van der Waals surface area contributed by atoms with Crippen LogP contribution in [0.25, 0.3) is 22.0 Å². The van der Waals surface area contributed by atoms with E-state index in [0.717, 1.165) is 0 Å². The minimum atomic E-state index is -3.89. The number of nitro groups is 1. The summed E-state index contributed by atoms with van der Waals surface area (Å²) < 4.78 is 26.7. The van der Waals surface area contributed by atoms with Crippen molar-refractivity contribution in [1.29, 1.82) is 0 Å². The molecule has 1 N–H and O–H groups in total. The summed E-state index contributed by atoms with van der Waals surface area (Å²) in [6.07, 6.45) is 1.46. The molecule has 4 aromatic rings. The maximum atomic E-state index is 13.4. The molecule has 0 atom stereocenters. The minimum Gasteiger partial charge on any atom is -0.337 e. The summed E-state index contributed by atoms with van der Waals surface area (Å²) in [6, 6.07) is 21.0. The molecule has 0 spiro atoms. The van der Waals surface area contributed by atoms with Gasteiger partial charge in [-0.1, -0.05) is 30.3 Å². The third kappa shape index (κ3) is 3.65. The van der Waals surface area contributed by atoms with Crippen LogP contribution in [0, 0.1) is 10.1 Å². The van der Waals surface area contributed by atoms with E-state index < -0.39 is 14.8 Å². The van der Waals surface area contributed by atoms with Gasteiger partial charge in [0.15, 0.2) is 0 Å². The van der Waals surface area contributed by atoms with E-state index >= 15 is 0 Å². The number of rotatable bonds is 5. The zero-order chi connectivity index (χ0) is 20.4. The highest BCUT2D eigenvalue weighted by Gasteiger charge is 2.25. The molecule has 4 rings (SSSR count). The van der Waals surface area contributed by atoms with E-state index in [0.29, 0.717) is 16.6 Å². The maximum absolute atomic E-state index is 13.4. The number of nitro benzene ring substituents is 1. The van der Waals surface area contributed by atoms with Crippen LogP contribution in [-0.2, 0) is 9.84 Å². The van der Waals surface area contributed by atoms with Gasteiger partial charge < -0.3 is 4.98 Å². The van der Waals surface area contributed by atoms with E-state index in [-0.39, 0.29) is 21.3 Å². The predicted octanol–water partition coefficient (Wildman–Crippen LogP) is 4.44. The van der Waals surface area contributed by atoms with Crippen molar-refractivity contribution in [2.45, 2.75) is 4.90 Å². The van der Waals surface area contributed by atoms with Crippen LogP contribution in [0.1, 0.15) is 11.4 Å². The molecule has 0 saturated heterocycles. The third-order valence-corrected chi connectivity index (χ3v) is 6.15. The highest BCUT2D eigenvalue weighted by atomic mass is 32.2. The van der Waals surface area contributed by atoms with Crippen LogP contribution >= 0.6 is 0 Å². The molecule has 0 fully saturated rings. The Morgan fingerprint density at radius 3 is 2.24 bits per heavy atom. The first-order valence-electron chi connectivity index (χ1n) is 8.66. The number of nitrogens with zero attached hydrogens (tertiary/aromatic N) is 2. The lowest BCUT2D eigenvalue weighted by Gasteiger charge is -2.08. The molecule has 1 aromatic heterocycles. The first kappa shape index (κ1) is 18.6. The van der Waals surface area contributed by atoms with E-state index in [2.05, 4.69) is 9.97 Å². The number of imidazole rings is 1. The lowest BCUT2D eigenvalue weighted by Crippen LogP contribution is -2.05. The number of aromatic amines is 1. The Kier molecular flexibility index (Phi) is 4.69. The van der Waals surface area contributed by atoms with Crippen molar-refractivity contribution in [3.63, 3.8) is 0 Å². The van der Waals surface area contributed by atoms with Gasteiger partial charge in [0, 0.05) is 12.1 Å². The molecule has 0 saturated carbocycles. The number of nitrogens with one attached hydrogen (secondary N) is 1. The fourth-order valence-corrected chi connectivity index (χ4v) is 4.32. The molecule has 8 heteroatoms. The van der Waals surface area contributed by atoms with Gasteiger partial charge in [0.2, 0.25) is 9.84 Å². The van der Waals surface area contributed by atoms with Gasteiger partial charge in [-0.25, -0.2) is 13.4 Å². The Labute approximate surface area is 166 Å². The van der Waals surface area contributed by atoms with Gasteiger partial charge >= 0.3 is 0 Å². The molecule has 7 nitrogen and oxygen atoms in total. The third-order valence-electron chi connectivity index (χ3n) is 4.37. The summed E-state index contributed by atoms with van der Waals surface area (Å²) in [5, 5.41) is 10.9. The molecule has 1 heterocycles. The number of aromatic nitrogens is 2. The first-order valence-corrected chi connectivity index (χ1v) is 10.1. The van der Waals surface area contributed by atoms with E-state index in [9.17, 15) is 18.5 Å². The number of H-pyrrole nitrogens is 1. The summed E-state index contributed by atoms with van der Waals surface area (Å²) in [5.41, 5.74) is 1.78. The van der Waals surface area contributed by atoms with Crippen molar-refractivity contribution >= 4 is 37.5 Å². The second-order valence-corrected chi connectivity index (χ2v) is 8.19. The second kappa shape index (κ2) is 7.33. The van der Waals surface area contributed by atoms with E-state index in [1.165, 1.54) is 42.5 Å². The van der Waals surface area contributed by atoms with E-state index in [4.69, 9.17) is 0 Å². The van der Waals surface area contributed by atoms with Crippen LogP contribution in [0.4, 0.5) is 5.69 Å². The zero-order valence-corrected chi connectivity index (χ0v) is 15.8. The van der Waals surface area contributed by atoms with E-state index in [1.54, 1.807) is 24.3 Å². The van der Waals surface area contributed by atoms with Crippen molar-refractivity contribution in [2.75, 3.05) is 0 Å². The van der Waals surface area contributed by atoms with Crippen molar-refractivity contribution in [3.05, 3.63) is 100 Å².